The highest BCUT2D eigenvalue weighted by atomic mass is 32.2. The Balaban J connectivity index is 1.57. The molecule has 0 saturated carbocycles. The third-order valence-electron chi connectivity index (χ3n) is 4.85. The van der Waals surface area contributed by atoms with Crippen LogP contribution in [0.15, 0.2) is 53.4 Å². The average Bonchev–Trinajstić information content (AvgIpc) is 2.91. The van der Waals surface area contributed by atoms with E-state index >= 15 is 0 Å². The minimum atomic E-state index is 0.203. The van der Waals surface area contributed by atoms with Crippen molar-refractivity contribution in [2.75, 3.05) is 29.4 Å². The van der Waals surface area contributed by atoms with Crippen molar-refractivity contribution in [1.82, 2.24) is 0 Å². The molecule has 1 unspecified atom stereocenters. The summed E-state index contributed by atoms with van der Waals surface area (Å²) in [7, 11) is 0. The van der Waals surface area contributed by atoms with E-state index in [4.69, 9.17) is 0 Å². The molecule has 3 nitrogen and oxygen atoms in total. The Morgan fingerprint density at radius 2 is 1.83 bits per heavy atom. The number of hydrogen-bond acceptors (Lipinski definition) is 3. The van der Waals surface area contributed by atoms with Crippen LogP contribution < -0.4 is 9.80 Å². The molecule has 0 bridgehead atoms. The molecule has 0 spiro atoms. The Morgan fingerprint density at radius 1 is 1.08 bits per heavy atom. The van der Waals surface area contributed by atoms with E-state index in [1.807, 2.05) is 22.7 Å². The number of nitrogens with zero attached hydrogens (tertiary/aromatic N) is 2. The summed E-state index contributed by atoms with van der Waals surface area (Å²) in [5, 5.41) is 0.538. The summed E-state index contributed by atoms with van der Waals surface area (Å²) in [6.07, 6.45) is 2.06. The van der Waals surface area contributed by atoms with Gasteiger partial charge in [-0.05, 0) is 36.6 Å². The number of benzene rings is 2. The topological polar surface area (TPSA) is 23.6 Å². The van der Waals surface area contributed by atoms with Gasteiger partial charge in [0.1, 0.15) is 0 Å². The number of anilines is 2. The molecule has 0 radical (unpaired) electrons. The molecule has 2 aromatic rings. The maximum atomic E-state index is 13.1. The molecular weight excluding hydrogens is 316 g/mol. The van der Waals surface area contributed by atoms with Gasteiger partial charge in [-0.25, -0.2) is 0 Å². The normalized spacial score (nSPS) is 19.6. The van der Waals surface area contributed by atoms with Crippen LogP contribution in [0.3, 0.4) is 0 Å². The summed E-state index contributed by atoms with van der Waals surface area (Å²) in [5.74, 6) is 0.203. The van der Waals surface area contributed by atoms with Crippen LogP contribution in [0.4, 0.5) is 11.4 Å². The molecule has 2 aromatic carbocycles. The standard InChI is InChI=1S/C20H22N2OS/c1-15-10-13-22(18-8-4-5-9-19(18)24-15)20(23)14-21-12-11-16-6-2-3-7-17(16)21/h2-9,15H,10-14H2,1H3. The number of rotatable bonds is 2. The lowest BCUT2D eigenvalue weighted by Gasteiger charge is -2.26. The van der Waals surface area contributed by atoms with Gasteiger partial charge in [0.05, 0.1) is 12.2 Å². The molecule has 124 valence electrons. The van der Waals surface area contributed by atoms with Gasteiger partial charge in [0.15, 0.2) is 0 Å². The number of amides is 1. The highest BCUT2D eigenvalue weighted by Gasteiger charge is 2.27. The number of para-hydroxylation sites is 2. The Labute approximate surface area is 147 Å². The Bertz CT molecular complexity index is 761. The van der Waals surface area contributed by atoms with Crippen molar-refractivity contribution in [3.05, 3.63) is 54.1 Å². The van der Waals surface area contributed by atoms with Gasteiger partial charge >= 0.3 is 0 Å². The van der Waals surface area contributed by atoms with E-state index in [2.05, 4.69) is 54.3 Å². The summed E-state index contributed by atoms with van der Waals surface area (Å²) in [6, 6.07) is 16.7. The SMILES string of the molecule is CC1CCN(C(=O)CN2CCc3ccccc32)c2ccccc2S1. The van der Waals surface area contributed by atoms with Gasteiger partial charge in [-0.15, -0.1) is 11.8 Å². The summed E-state index contributed by atoms with van der Waals surface area (Å²) >= 11 is 1.88. The Hall–Kier alpha value is -1.94. The minimum absolute atomic E-state index is 0.203. The summed E-state index contributed by atoms with van der Waals surface area (Å²) in [5.41, 5.74) is 3.65. The quantitative estimate of drug-likeness (QED) is 0.828. The van der Waals surface area contributed by atoms with Gasteiger partial charge in [0.25, 0.3) is 0 Å². The summed E-state index contributed by atoms with van der Waals surface area (Å²) in [4.78, 5) is 18.5. The second kappa shape index (κ2) is 6.52. The van der Waals surface area contributed by atoms with Crippen LogP contribution in [0, 0.1) is 0 Å². The first-order valence-electron chi connectivity index (χ1n) is 8.61. The van der Waals surface area contributed by atoms with E-state index in [0.717, 1.165) is 31.6 Å². The van der Waals surface area contributed by atoms with Gasteiger partial charge in [0, 0.05) is 28.9 Å². The van der Waals surface area contributed by atoms with Gasteiger partial charge in [-0.1, -0.05) is 37.3 Å². The first-order chi connectivity index (χ1) is 11.7. The molecule has 0 aromatic heterocycles. The maximum Gasteiger partial charge on any atom is 0.246 e. The highest BCUT2D eigenvalue weighted by molar-refractivity contribution is 8.00. The van der Waals surface area contributed by atoms with Crippen molar-refractivity contribution >= 4 is 29.0 Å². The molecule has 2 aliphatic rings. The van der Waals surface area contributed by atoms with Gasteiger partial charge < -0.3 is 9.80 Å². The molecule has 1 amide bonds. The van der Waals surface area contributed by atoms with Crippen molar-refractivity contribution < 1.29 is 4.79 Å². The van der Waals surface area contributed by atoms with Crippen molar-refractivity contribution in [3.8, 4) is 0 Å². The molecule has 24 heavy (non-hydrogen) atoms. The summed E-state index contributed by atoms with van der Waals surface area (Å²) in [6.45, 7) is 4.45. The zero-order valence-corrected chi connectivity index (χ0v) is 14.8. The van der Waals surface area contributed by atoms with Crippen molar-refractivity contribution in [2.24, 2.45) is 0 Å². The van der Waals surface area contributed by atoms with Gasteiger partial charge in [-0.3, -0.25) is 4.79 Å². The zero-order valence-electron chi connectivity index (χ0n) is 13.9. The fourth-order valence-electron chi connectivity index (χ4n) is 3.57. The molecule has 0 saturated heterocycles. The lowest BCUT2D eigenvalue weighted by molar-refractivity contribution is -0.117. The molecule has 0 fully saturated rings. The maximum absolute atomic E-state index is 13.1. The third kappa shape index (κ3) is 2.91. The van der Waals surface area contributed by atoms with Crippen LogP contribution >= 0.6 is 11.8 Å². The van der Waals surface area contributed by atoms with Crippen LogP contribution in [0.2, 0.25) is 0 Å². The van der Waals surface area contributed by atoms with Crippen LogP contribution in [0.25, 0.3) is 0 Å². The molecular formula is C20H22N2OS. The molecule has 4 rings (SSSR count). The number of hydrogen-bond donors (Lipinski definition) is 0. The largest absolute Gasteiger partial charge is 0.362 e. The first-order valence-corrected chi connectivity index (χ1v) is 9.49. The third-order valence-corrected chi connectivity index (χ3v) is 6.09. The minimum Gasteiger partial charge on any atom is -0.362 e. The van der Waals surface area contributed by atoms with Crippen LogP contribution in [-0.4, -0.2) is 30.8 Å². The monoisotopic (exact) mass is 338 g/mol. The van der Waals surface area contributed by atoms with Crippen LogP contribution in [-0.2, 0) is 11.2 Å². The van der Waals surface area contributed by atoms with Crippen molar-refractivity contribution in [1.29, 1.82) is 0 Å². The van der Waals surface area contributed by atoms with E-state index in [9.17, 15) is 4.79 Å². The Kier molecular flexibility index (Phi) is 4.23. The second-order valence-corrected chi connectivity index (χ2v) is 8.01. The number of carbonyl (C=O) groups excluding carboxylic acids is 1. The van der Waals surface area contributed by atoms with E-state index in [-0.39, 0.29) is 5.91 Å². The predicted molar refractivity (Wildman–Crippen MR) is 101 cm³/mol. The number of carbonyl (C=O) groups is 1. The molecule has 4 heteroatoms. The predicted octanol–water partition coefficient (Wildman–Crippen LogP) is 3.97. The van der Waals surface area contributed by atoms with Gasteiger partial charge in [-0.2, -0.15) is 0 Å². The number of fused-ring (bicyclic) bond motifs is 2. The lowest BCUT2D eigenvalue weighted by atomic mass is 10.2. The molecule has 0 N–H and O–H groups in total. The smallest absolute Gasteiger partial charge is 0.246 e. The fraction of sp³-hybridized carbons (Fsp3) is 0.350. The molecule has 0 aliphatic carbocycles. The fourth-order valence-corrected chi connectivity index (χ4v) is 4.68. The number of thioether (sulfide) groups is 1. The molecule has 2 aliphatic heterocycles. The van der Waals surface area contributed by atoms with E-state index in [0.29, 0.717) is 11.8 Å². The lowest BCUT2D eigenvalue weighted by Crippen LogP contribution is -2.40. The van der Waals surface area contributed by atoms with Crippen LogP contribution in [0.5, 0.6) is 0 Å². The van der Waals surface area contributed by atoms with Crippen molar-refractivity contribution in [3.63, 3.8) is 0 Å². The molecule has 1 atom stereocenters. The zero-order chi connectivity index (χ0) is 16.5. The van der Waals surface area contributed by atoms with Crippen LogP contribution in [0.1, 0.15) is 18.9 Å². The first kappa shape index (κ1) is 15.6. The van der Waals surface area contributed by atoms with Crippen molar-refractivity contribution in [2.45, 2.75) is 29.9 Å². The van der Waals surface area contributed by atoms with E-state index in [1.165, 1.54) is 16.1 Å². The van der Waals surface area contributed by atoms with E-state index < -0.39 is 0 Å². The Morgan fingerprint density at radius 3 is 2.71 bits per heavy atom. The second-order valence-electron chi connectivity index (χ2n) is 6.53. The summed E-state index contributed by atoms with van der Waals surface area (Å²) < 4.78 is 0. The average molecular weight is 338 g/mol. The highest BCUT2D eigenvalue weighted by Crippen LogP contribution is 2.37. The van der Waals surface area contributed by atoms with Gasteiger partial charge in [0.2, 0.25) is 5.91 Å². The van der Waals surface area contributed by atoms with E-state index in [1.54, 1.807) is 0 Å². The molecule has 2 heterocycles.